The summed E-state index contributed by atoms with van der Waals surface area (Å²) in [6.07, 6.45) is 1.74. The number of halogens is 3. The van der Waals surface area contributed by atoms with Crippen molar-refractivity contribution in [3.63, 3.8) is 0 Å². The lowest BCUT2D eigenvalue weighted by atomic mass is 9.74. The highest BCUT2D eigenvalue weighted by molar-refractivity contribution is 6.32. The van der Waals surface area contributed by atoms with Gasteiger partial charge in [-0.1, -0.05) is 41.4 Å². The van der Waals surface area contributed by atoms with Crippen LogP contribution >= 0.6 is 23.2 Å². The Balaban J connectivity index is 1.64. The normalized spacial score (nSPS) is 17.2. The number of nitriles is 1. The molecule has 0 spiro atoms. The highest BCUT2D eigenvalue weighted by Gasteiger charge is 2.41. The Kier molecular flexibility index (Phi) is 7.63. The highest BCUT2D eigenvalue weighted by atomic mass is 35.5. The maximum absolute atomic E-state index is 13.6. The first-order valence-electron chi connectivity index (χ1n) is 13.0. The smallest absolute Gasteiger partial charge is 0.161 e. The molecule has 0 saturated carbocycles. The number of ether oxygens (including phenoxy) is 1. The lowest BCUT2D eigenvalue weighted by Crippen LogP contribution is -2.39. The number of allylic oxidation sites excluding steroid dienone is 3. The Morgan fingerprint density at radius 2 is 1.85 bits per heavy atom. The molecule has 2 N–H and O–H groups in total. The van der Waals surface area contributed by atoms with Crippen LogP contribution in [0.25, 0.3) is 0 Å². The van der Waals surface area contributed by atoms with Gasteiger partial charge in [0.05, 0.1) is 28.3 Å². The number of hydrogen-bond acceptors (Lipinski definition) is 5. The largest absolute Gasteiger partial charge is 0.487 e. The Hall–Kier alpha value is -3.79. The first-order chi connectivity index (χ1) is 19.1. The zero-order chi connectivity index (χ0) is 28.7. The second-order valence-electron chi connectivity index (χ2n) is 10.2. The summed E-state index contributed by atoms with van der Waals surface area (Å²) >= 11 is 12.6. The summed E-state index contributed by atoms with van der Waals surface area (Å²) in [6, 6.07) is 15.9. The maximum atomic E-state index is 13.6. The fraction of sp³-hybridized carbons (Fsp3) is 0.250. The molecule has 40 heavy (non-hydrogen) atoms. The van der Waals surface area contributed by atoms with Crippen LogP contribution in [0.3, 0.4) is 0 Å². The summed E-state index contributed by atoms with van der Waals surface area (Å²) in [4.78, 5) is 15.4. The highest BCUT2D eigenvalue weighted by Crippen LogP contribution is 2.48. The molecule has 0 bridgehead atoms. The fourth-order valence-electron chi connectivity index (χ4n) is 5.64. The number of nitrogens with zero attached hydrogens (tertiary/aromatic N) is 2. The average molecular weight is 576 g/mol. The van der Waals surface area contributed by atoms with E-state index in [-0.39, 0.29) is 17.4 Å². The molecule has 3 aromatic carbocycles. The zero-order valence-corrected chi connectivity index (χ0v) is 24.0. The van der Waals surface area contributed by atoms with Crippen LogP contribution in [0.2, 0.25) is 10.0 Å². The number of nitrogens with two attached hydrogens (primary N) is 1. The van der Waals surface area contributed by atoms with Crippen LogP contribution in [-0.2, 0) is 11.4 Å². The molecule has 0 fully saturated rings. The molecule has 2 aliphatic rings. The predicted molar refractivity (Wildman–Crippen MR) is 156 cm³/mol. The summed E-state index contributed by atoms with van der Waals surface area (Å²) in [5.74, 6) is -0.393. The topological polar surface area (TPSA) is 79.4 Å². The first-order valence-corrected chi connectivity index (χ1v) is 13.8. The van der Waals surface area contributed by atoms with Crippen molar-refractivity contribution in [3.8, 4) is 11.8 Å². The van der Waals surface area contributed by atoms with Crippen LogP contribution in [0.15, 0.2) is 71.2 Å². The van der Waals surface area contributed by atoms with Crippen molar-refractivity contribution in [2.24, 2.45) is 5.73 Å². The van der Waals surface area contributed by atoms with E-state index >= 15 is 0 Å². The van der Waals surface area contributed by atoms with E-state index in [1.54, 1.807) is 6.07 Å². The molecule has 1 atom stereocenters. The van der Waals surface area contributed by atoms with Gasteiger partial charge in [-0.15, -0.1) is 0 Å². The Bertz CT molecular complexity index is 1650. The molecule has 0 saturated heterocycles. The van der Waals surface area contributed by atoms with Crippen molar-refractivity contribution >= 4 is 34.7 Å². The molecule has 0 amide bonds. The quantitative estimate of drug-likeness (QED) is 0.334. The van der Waals surface area contributed by atoms with Gasteiger partial charge >= 0.3 is 0 Å². The number of aryl methyl sites for hydroxylation is 2. The van der Waals surface area contributed by atoms with Crippen LogP contribution in [0, 0.1) is 37.9 Å². The van der Waals surface area contributed by atoms with Gasteiger partial charge < -0.3 is 10.5 Å². The number of anilines is 1. The predicted octanol–water partition coefficient (Wildman–Crippen LogP) is 7.94. The van der Waals surface area contributed by atoms with E-state index in [1.165, 1.54) is 18.2 Å². The third kappa shape index (κ3) is 4.85. The fourth-order valence-corrected chi connectivity index (χ4v) is 6.03. The molecule has 1 unspecified atom stereocenters. The summed E-state index contributed by atoms with van der Waals surface area (Å²) in [5.41, 5.74) is 13.6. The lowest BCUT2D eigenvalue weighted by Gasteiger charge is -2.40. The van der Waals surface area contributed by atoms with Crippen LogP contribution in [0.1, 0.15) is 53.0 Å². The molecule has 5 rings (SSSR count). The van der Waals surface area contributed by atoms with Crippen molar-refractivity contribution in [2.45, 2.75) is 52.6 Å². The number of carbonyl (C=O) groups is 1. The maximum Gasteiger partial charge on any atom is 0.161 e. The number of Topliss-reactive ketones (excluding diaryl/α,β-unsaturated/α-hetero) is 1. The van der Waals surface area contributed by atoms with E-state index in [4.69, 9.17) is 33.7 Å². The molecule has 1 aliphatic heterocycles. The van der Waals surface area contributed by atoms with E-state index in [9.17, 15) is 14.4 Å². The summed E-state index contributed by atoms with van der Waals surface area (Å²) < 4.78 is 19.4. The molecule has 0 radical (unpaired) electrons. The third-order valence-corrected chi connectivity index (χ3v) is 8.41. The van der Waals surface area contributed by atoms with Crippen molar-refractivity contribution in [3.05, 3.63) is 115 Å². The number of hydrogen-bond donors (Lipinski definition) is 1. The van der Waals surface area contributed by atoms with Gasteiger partial charge in [0.25, 0.3) is 0 Å². The average Bonchev–Trinajstić information content (AvgIpc) is 2.91. The molecule has 3 aromatic rings. The van der Waals surface area contributed by atoms with Crippen molar-refractivity contribution in [1.29, 1.82) is 5.26 Å². The summed E-state index contributed by atoms with van der Waals surface area (Å²) in [5, 5.41) is 11.2. The van der Waals surface area contributed by atoms with Crippen molar-refractivity contribution in [1.82, 2.24) is 0 Å². The molecule has 8 heteroatoms. The minimum Gasteiger partial charge on any atom is -0.487 e. The van der Waals surface area contributed by atoms with Gasteiger partial charge in [-0.2, -0.15) is 5.26 Å². The van der Waals surface area contributed by atoms with E-state index in [1.807, 2.05) is 49.9 Å². The van der Waals surface area contributed by atoms with Crippen LogP contribution < -0.4 is 15.4 Å². The second kappa shape index (κ2) is 11.0. The molecular formula is C32H28Cl2FN3O2. The lowest BCUT2D eigenvalue weighted by molar-refractivity contribution is -0.116. The Morgan fingerprint density at radius 1 is 1.07 bits per heavy atom. The minimum atomic E-state index is -0.614. The first kappa shape index (κ1) is 27.8. The second-order valence-corrected chi connectivity index (χ2v) is 11.0. The summed E-state index contributed by atoms with van der Waals surface area (Å²) in [7, 11) is 0. The van der Waals surface area contributed by atoms with Crippen molar-refractivity contribution in [2.75, 3.05) is 4.90 Å². The van der Waals surface area contributed by atoms with Crippen LogP contribution in [-0.4, -0.2) is 5.78 Å². The van der Waals surface area contributed by atoms with E-state index in [0.29, 0.717) is 47.0 Å². The van der Waals surface area contributed by atoms with E-state index in [0.717, 1.165) is 39.2 Å². The molecule has 5 nitrogen and oxygen atoms in total. The molecular weight excluding hydrogens is 548 g/mol. The van der Waals surface area contributed by atoms with E-state index in [2.05, 4.69) is 6.07 Å². The van der Waals surface area contributed by atoms with Crippen LogP contribution in [0.5, 0.6) is 5.75 Å². The number of carbonyl (C=O) groups excluding carboxylic acids is 1. The Morgan fingerprint density at radius 3 is 2.58 bits per heavy atom. The number of rotatable bonds is 5. The SMILES string of the molecule is Cc1cc(C)c(C2C(C#N)=C(N)N(c3cccc(Cl)c3C)C3=C2C(=O)CCC3)cc1COc1ccc(F)cc1Cl. The minimum absolute atomic E-state index is 0.00653. The number of benzene rings is 3. The Labute approximate surface area is 243 Å². The van der Waals surface area contributed by atoms with Gasteiger partial charge in [0.15, 0.2) is 5.78 Å². The standard InChI is InChI=1S/C32H28Cl2FN3O2/c1-17-12-18(2)22(13-20(17)16-40-29-11-10-21(35)14-25(29)34)30-23(15-36)32(37)38(26-7-4-6-24(33)19(26)3)27-8-5-9-28(39)31(27)30/h4,6-7,10-14,30H,5,8-9,16,37H2,1-3H3. The third-order valence-electron chi connectivity index (χ3n) is 7.71. The number of ketones is 1. The molecule has 0 aromatic heterocycles. The zero-order valence-electron chi connectivity index (χ0n) is 22.4. The van der Waals surface area contributed by atoms with Gasteiger partial charge in [-0.05, 0) is 91.8 Å². The monoisotopic (exact) mass is 575 g/mol. The van der Waals surface area contributed by atoms with Crippen LogP contribution in [0.4, 0.5) is 10.1 Å². The molecule has 204 valence electrons. The molecule has 1 aliphatic carbocycles. The van der Waals surface area contributed by atoms with Gasteiger partial charge in [0.2, 0.25) is 0 Å². The van der Waals surface area contributed by atoms with Gasteiger partial charge in [-0.25, -0.2) is 4.39 Å². The summed E-state index contributed by atoms with van der Waals surface area (Å²) in [6.45, 7) is 6.01. The van der Waals surface area contributed by atoms with Gasteiger partial charge in [0.1, 0.15) is 24.0 Å². The van der Waals surface area contributed by atoms with Gasteiger partial charge in [0, 0.05) is 22.7 Å². The van der Waals surface area contributed by atoms with E-state index < -0.39 is 11.7 Å². The van der Waals surface area contributed by atoms with Gasteiger partial charge in [-0.3, -0.25) is 9.69 Å². The van der Waals surface area contributed by atoms with Crippen molar-refractivity contribution < 1.29 is 13.9 Å². The molecule has 1 heterocycles.